The summed E-state index contributed by atoms with van der Waals surface area (Å²) in [5, 5.41) is 5.62. The van der Waals surface area contributed by atoms with Crippen molar-refractivity contribution < 1.29 is 19.1 Å². The molecule has 0 fully saturated rings. The Labute approximate surface area is 167 Å². The van der Waals surface area contributed by atoms with Gasteiger partial charge in [-0.15, -0.1) is 0 Å². The van der Waals surface area contributed by atoms with Gasteiger partial charge in [0.05, 0.1) is 11.1 Å². The number of anilines is 2. The van der Waals surface area contributed by atoms with Crippen LogP contribution in [-0.2, 0) is 0 Å². The first-order chi connectivity index (χ1) is 14.0. The maximum Gasteiger partial charge on any atom is 0.257 e. The van der Waals surface area contributed by atoms with E-state index in [2.05, 4.69) is 15.6 Å². The molecule has 0 saturated heterocycles. The molecule has 2 N–H and O–H groups in total. The zero-order valence-corrected chi connectivity index (χ0v) is 16.0. The van der Waals surface area contributed by atoms with Gasteiger partial charge in [0.2, 0.25) is 6.79 Å². The van der Waals surface area contributed by atoms with Crippen LogP contribution in [0, 0.1) is 13.8 Å². The number of carbonyl (C=O) groups is 2. The second-order valence-electron chi connectivity index (χ2n) is 6.81. The van der Waals surface area contributed by atoms with Crippen molar-refractivity contribution in [2.24, 2.45) is 0 Å². The normalized spacial score (nSPS) is 11.8. The van der Waals surface area contributed by atoms with Crippen LogP contribution in [-0.4, -0.2) is 23.6 Å². The SMILES string of the molecule is Cc1cc(C)cc(NC(=O)c2cncc(C(=O)Nc3ccc4c(c3)OCO4)c2)c1. The molecule has 2 amide bonds. The van der Waals surface area contributed by atoms with E-state index in [-0.39, 0.29) is 24.2 Å². The number of nitrogens with zero attached hydrogens (tertiary/aromatic N) is 1. The Bertz CT molecular complexity index is 1090. The van der Waals surface area contributed by atoms with Crippen LogP contribution in [0.2, 0.25) is 0 Å². The Kier molecular flexibility index (Phi) is 4.87. The van der Waals surface area contributed by atoms with E-state index in [0.29, 0.717) is 28.4 Å². The van der Waals surface area contributed by atoms with E-state index in [0.717, 1.165) is 11.1 Å². The molecule has 0 atom stereocenters. The minimum Gasteiger partial charge on any atom is -0.454 e. The van der Waals surface area contributed by atoms with Gasteiger partial charge in [0, 0.05) is 29.8 Å². The fraction of sp³-hybridized carbons (Fsp3) is 0.136. The molecule has 0 spiro atoms. The average Bonchev–Trinajstić information content (AvgIpc) is 3.15. The van der Waals surface area contributed by atoms with Crippen molar-refractivity contribution in [3.8, 4) is 11.5 Å². The first-order valence-corrected chi connectivity index (χ1v) is 9.04. The van der Waals surface area contributed by atoms with Crippen LogP contribution in [0.3, 0.4) is 0 Å². The molecule has 7 nitrogen and oxygen atoms in total. The van der Waals surface area contributed by atoms with Crippen molar-refractivity contribution in [1.29, 1.82) is 0 Å². The lowest BCUT2D eigenvalue weighted by atomic mass is 10.1. The van der Waals surface area contributed by atoms with Gasteiger partial charge in [-0.2, -0.15) is 0 Å². The molecular formula is C22H19N3O4. The third-order valence-corrected chi connectivity index (χ3v) is 4.37. The lowest BCUT2D eigenvalue weighted by molar-refractivity contribution is 0.102. The molecule has 0 unspecified atom stereocenters. The number of pyridine rings is 1. The van der Waals surface area contributed by atoms with Gasteiger partial charge in [-0.1, -0.05) is 6.07 Å². The molecule has 1 aliphatic rings. The molecule has 0 saturated carbocycles. The van der Waals surface area contributed by atoms with Crippen LogP contribution >= 0.6 is 0 Å². The summed E-state index contributed by atoms with van der Waals surface area (Å²) in [6, 6.07) is 12.4. The quantitative estimate of drug-likeness (QED) is 0.706. The monoisotopic (exact) mass is 389 g/mol. The molecule has 2 heterocycles. The van der Waals surface area contributed by atoms with E-state index in [9.17, 15) is 9.59 Å². The number of aromatic nitrogens is 1. The summed E-state index contributed by atoms with van der Waals surface area (Å²) in [7, 11) is 0. The number of hydrogen-bond donors (Lipinski definition) is 2. The standard InChI is InChI=1S/C22H19N3O4/c1-13-5-14(2)7-18(6-13)25-22(27)16-8-15(10-23-11-16)21(26)24-17-3-4-19-20(9-17)29-12-28-19/h3-11H,12H2,1-2H3,(H,24,26)(H,25,27). The number of fused-ring (bicyclic) bond motifs is 1. The fourth-order valence-electron chi connectivity index (χ4n) is 3.12. The molecule has 1 aromatic heterocycles. The van der Waals surface area contributed by atoms with Crippen LogP contribution in [0.5, 0.6) is 11.5 Å². The predicted molar refractivity (Wildman–Crippen MR) is 109 cm³/mol. The van der Waals surface area contributed by atoms with Crippen molar-refractivity contribution in [1.82, 2.24) is 4.98 Å². The summed E-state index contributed by atoms with van der Waals surface area (Å²) in [6.45, 7) is 4.09. The Hall–Kier alpha value is -3.87. The topological polar surface area (TPSA) is 89.6 Å². The molecule has 1 aliphatic heterocycles. The summed E-state index contributed by atoms with van der Waals surface area (Å²) in [4.78, 5) is 29.2. The number of benzene rings is 2. The van der Waals surface area contributed by atoms with Gasteiger partial charge in [-0.3, -0.25) is 14.6 Å². The van der Waals surface area contributed by atoms with E-state index >= 15 is 0 Å². The molecule has 2 aromatic carbocycles. The van der Waals surface area contributed by atoms with Crippen LogP contribution in [0.4, 0.5) is 11.4 Å². The predicted octanol–water partition coefficient (Wildman–Crippen LogP) is 3.93. The highest BCUT2D eigenvalue weighted by Crippen LogP contribution is 2.34. The number of ether oxygens (including phenoxy) is 2. The minimum atomic E-state index is -0.377. The second kappa shape index (κ2) is 7.63. The van der Waals surface area contributed by atoms with Crippen molar-refractivity contribution in [2.45, 2.75) is 13.8 Å². The Morgan fingerprint density at radius 2 is 1.41 bits per heavy atom. The van der Waals surface area contributed by atoms with Crippen LogP contribution in [0.15, 0.2) is 54.9 Å². The van der Waals surface area contributed by atoms with E-state index < -0.39 is 0 Å². The Morgan fingerprint density at radius 3 is 2.10 bits per heavy atom. The van der Waals surface area contributed by atoms with Gasteiger partial charge in [0.25, 0.3) is 11.8 Å². The number of amides is 2. The van der Waals surface area contributed by atoms with Crippen molar-refractivity contribution in [3.63, 3.8) is 0 Å². The molecule has 0 radical (unpaired) electrons. The van der Waals surface area contributed by atoms with E-state index in [1.807, 2.05) is 32.0 Å². The zero-order valence-electron chi connectivity index (χ0n) is 16.0. The first-order valence-electron chi connectivity index (χ1n) is 9.04. The van der Waals surface area contributed by atoms with Gasteiger partial charge >= 0.3 is 0 Å². The Morgan fingerprint density at radius 1 is 0.793 bits per heavy atom. The highest BCUT2D eigenvalue weighted by Gasteiger charge is 2.16. The molecule has 3 aromatic rings. The lowest BCUT2D eigenvalue weighted by Crippen LogP contribution is -2.16. The highest BCUT2D eigenvalue weighted by molar-refractivity contribution is 6.08. The lowest BCUT2D eigenvalue weighted by Gasteiger charge is -2.09. The second-order valence-corrected chi connectivity index (χ2v) is 6.81. The van der Waals surface area contributed by atoms with Gasteiger partial charge in [0.15, 0.2) is 11.5 Å². The summed E-state index contributed by atoms with van der Waals surface area (Å²) in [5.74, 6) is 0.495. The summed E-state index contributed by atoms with van der Waals surface area (Å²) >= 11 is 0. The first kappa shape index (κ1) is 18.5. The van der Waals surface area contributed by atoms with Gasteiger partial charge in [0.1, 0.15) is 0 Å². The van der Waals surface area contributed by atoms with Crippen molar-refractivity contribution >= 4 is 23.2 Å². The van der Waals surface area contributed by atoms with Gasteiger partial charge < -0.3 is 20.1 Å². The van der Waals surface area contributed by atoms with Crippen molar-refractivity contribution in [2.75, 3.05) is 17.4 Å². The number of carbonyl (C=O) groups excluding carboxylic acids is 2. The van der Waals surface area contributed by atoms with Crippen LogP contribution in [0.25, 0.3) is 0 Å². The molecule has 0 aliphatic carbocycles. The molecule has 4 rings (SSSR count). The third kappa shape index (κ3) is 4.19. The largest absolute Gasteiger partial charge is 0.454 e. The van der Waals surface area contributed by atoms with E-state index in [1.165, 1.54) is 18.5 Å². The number of rotatable bonds is 4. The smallest absolute Gasteiger partial charge is 0.257 e. The van der Waals surface area contributed by atoms with E-state index in [1.54, 1.807) is 18.2 Å². The molecule has 146 valence electrons. The van der Waals surface area contributed by atoms with E-state index in [4.69, 9.17) is 9.47 Å². The fourth-order valence-corrected chi connectivity index (χ4v) is 3.12. The van der Waals surface area contributed by atoms with Crippen molar-refractivity contribution in [3.05, 3.63) is 77.1 Å². The maximum absolute atomic E-state index is 12.6. The molecule has 7 heteroatoms. The average molecular weight is 389 g/mol. The Balaban J connectivity index is 1.49. The number of hydrogen-bond acceptors (Lipinski definition) is 5. The minimum absolute atomic E-state index is 0.161. The molecule has 29 heavy (non-hydrogen) atoms. The maximum atomic E-state index is 12.6. The molecule has 0 bridgehead atoms. The molecular weight excluding hydrogens is 370 g/mol. The van der Waals surface area contributed by atoms with Crippen LogP contribution in [0.1, 0.15) is 31.8 Å². The number of aryl methyl sites for hydroxylation is 2. The van der Waals surface area contributed by atoms with Crippen LogP contribution < -0.4 is 20.1 Å². The third-order valence-electron chi connectivity index (χ3n) is 4.37. The van der Waals surface area contributed by atoms with Gasteiger partial charge in [-0.05, 0) is 55.3 Å². The van der Waals surface area contributed by atoms with Gasteiger partial charge in [-0.25, -0.2) is 0 Å². The number of nitrogens with one attached hydrogen (secondary N) is 2. The summed E-state index contributed by atoms with van der Waals surface area (Å²) in [6.07, 6.45) is 2.84. The highest BCUT2D eigenvalue weighted by atomic mass is 16.7. The zero-order chi connectivity index (χ0) is 20.4. The summed E-state index contributed by atoms with van der Waals surface area (Å²) in [5.41, 5.74) is 3.93. The summed E-state index contributed by atoms with van der Waals surface area (Å²) < 4.78 is 10.6.